The number of anilines is 2. The zero-order chi connectivity index (χ0) is 17.4. The summed E-state index contributed by atoms with van der Waals surface area (Å²) >= 11 is 1.49. The van der Waals surface area contributed by atoms with Gasteiger partial charge in [-0.05, 0) is 43.3 Å². The van der Waals surface area contributed by atoms with Crippen molar-refractivity contribution in [1.29, 1.82) is 0 Å². The van der Waals surface area contributed by atoms with Gasteiger partial charge in [0.25, 0.3) is 0 Å². The summed E-state index contributed by atoms with van der Waals surface area (Å²) in [7, 11) is 1.64. The van der Waals surface area contributed by atoms with Gasteiger partial charge in [-0.15, -0.1) is 28.3 Å². The van der Waals surface area contributed by atoms with Crippen LogP contribution in [0.1, 0.15) is 5.69 Å². The second kappa shape index (κ2) is 7.43. The molecule has 0 atom stereocenters. The zero-order valence-corrected chi connectivity index (χ0v) is 16.6. The zero-order valence-electron chi connectivity index (χ0n) is 14.1. The van der Waals surface area contributed by atoms with Crippen LogP contribution < -0.4 is 10.1 Å². The maximum Gasteiger partial charge on any atom is 0.187 e. The molecule has 0 fully saturated rings. The molecule has 0 unspecified atom stereocenters. The molecule has 0 amide bonds. The number of halogens is 2. The van der Waals surface area contributed by atoms with E-state index < -0.39 is 0 Å². The van der Waals surface area contributed by atoms with Crippen molar-refractivity contribution >= 4 is 44.8 Å². The molecule has 0 aliphatic carbocycles. The van der Waals surface area contributed by atoms with Crippen LogP contribution in [0.15, 0.2) is 48.0 Å². The lowest BCUT2D eigenvalue weighted by Crippen LogP contribution is -1.93. The lowest BCUT2D eigenvalue weighted by atomic mass is 10.3. The molecule has 0 radical (unpaired) electrons. The number of methoxy groups -OCH3 is 1. The number of thiazole rings is 1. The van der Waals surface area contributed by atoms with Crippen molar-refractivity contribution in [2.75, 3.05) is 12.4 Å². The number of imidazole rings is 1. The molecule has 8 heteroatoms. The second-order valence-corrected chi connectivity index (χ2v) is 6.37. The number of rotatable bonds is 4. The molecule has 1 N–H and O–H groups in total. The Hall–Kier alpha value is -2.45. The Labute approximate surface area is 164 Å². The van der Waals surface area contributed by atoms with Crippen LogP contribution in [0.3, 0.4) is 0 Å². The molecule has 0 aliphatic heterocycles. The van der Waals surface area contributed by atoms with Crippen molar-refractivity contribution in [2.45, 2.75) is 6.92 Å². The normalized spacial score (nSPS) is 10.6. The van der Waals surface area contributed by atoms with Gasteiger partial charge >= 0.3 is 0 Å². The fourth-order valence-corrected chi connectivity index (χ4v) is 3.40. The van der Waals surface area contributed by atoms with Gasteiger partial charge in [0.05, 0.1) is 18.5 Å². The first kappa shape index (κ1) is 18.3. The molecule has 134 valence electrons. The van der Waals surface area contributed by atoms with E-state index in [1.807, 2.05) is 36.6 Å². The number of ether oxygens (including phenoxy) is 1. The molecule has 0 bridgehead atoms. The SMILES string of the molecule is Br.COc1ccc(Nc2nc(-c3c(C)nc4ccc(F)cn34)cs2)cc1. The minimum atomic E-state index is -0.307. The Kier molecular flexibility index (Phi) is 5.24. The van der Waals surface area contributed by atoms with Crippen molar-refractivity contribution in [1.82, 2.24) is 14.4 Å². The highest BCUT2D eigenvalue weighted by Crippen LogP contribution is 2.30. The van der Waals surface area contributed by atoms with E-state index in [1.165, 1.54) is 23.6 Å². The third-order valence-electron chi connectivity index (χ3n) is 3.84. The van der Waals surface area contributed by atoms with Crippen LogP contribution in [0.25, 0.3) is 17.0 Å². The summed E-state index contributed by atoms with van der Waals surface area (Å²) in [5.41, 5.74) is 3.99. The average Bonchev–Trinajstić information content (AvgIpc) is 3.18. The average molecular weight is 435 g/mol. The van der Waals surface area contributed by atoms with Gasteiger partial charge in [-0.2, -0.15) is 0 Å². The van der Waals surface area contributed by atoms with Crippen molar-refractivity contribution in [2.24, 2.45) is 0 Å². The molecule has 4 rings (SSSR count). The van der Waals surface area contributed by atoms with E-state index in [2.05, 4.69) is 15.3 Å². The van der Waals surface area contributed by atoms with Gasteiger partial charge in [0.15, 0.2) is 5.13 Å². The van der Waals surface area contributed by atoms with Crippen molar-refractivity contribution in [3.63, 3.8) is 0 Å². The lowest BCUT2D eigenvalue weighted by molar-refractivity contribution is 0.415. The Morgan fingerprint density at radius 3 is 2.62 bits per heavy atom. The number of benzene rings is 1. The molecule has 3 aromatic heterocycles. The summed E-state index contributed by atoms with van der Waals surface area (Å²) in [5, 5.41) is 5.96. The maximum atomic E-state index is 13.6. The van der Waals surface area contributed by atoms with Gasteiger partial charge in [-0.25, -0.2) is 14.4 Å². The number of fused-ring (bicyclic) bond motifs is 1. The van der Waals surface area contributed by atoms with Gasteiger partial charge in [0.1, 0.15) is 22.9 Å². The summed E-state index contributed by atoms with van der Waals surface area (Å²) in [6.07, 6.45) is 1.43. The third kappa shape index (κ3) is 3.42. The van der Waals surface area contributed by atoms with Gasteiger partial charge in [0.2, 0.25) is 0 Å². The molecule has 3 heterocycles. The van der Waals surface area contributed by atoms with Crippen LogP contribution in [-0.4, -0.2) is 21.5 Å². The quantitative estimate of drug-likeness (QED) is 0.477. The molecule has 0 saturated heterocycles. The smallest absolute Gasteiger partial charge is 0.187 e. The number of nitrogens with zero attached hydrogens (tertiary/aromatic N) is 3. The molecular weight excluding hydrogens is 419 g/mol. The Morgan fingerprint density at radius 2 is 1.88 bits per heavy atom. The van der Waals surface area contributed by atoms with Gasteiger partial charge in [-0.3, -0.25) is 4.40 Å². The van der Waals surface area contributed by atoms with Crippen LogP contribution in [0, 0.1) is 12.7 Å². The van der Waals surface area contributed by atoms with Crippen LogP contribution in [0.4, 0.5) is 15.2 Å². The summed E-state index contributed by atoms with van der Waals surface area (Å²) < 4.78 is 20.5. The first-order chi connectivity index (χ1) is 12.1. The minimum Gasteiger partial charge on any atom is -0.497 e. The lowest BCUT2D eigenvalue weighted by Gasteiger charge is -2.04. The molecule has 0 spiro atoms. The van der Waals surface area contributed by atoms with Crippen LogP contribution in [0.5, 0.6) is 5.75 Å². The highest BCUT2D eigenvalue weighted by molar-refractivity contribution is 8.93. The minimum absolute atomic E-state index is 0. The number of hydrogen-bond donors (Lipinski definition) is 1. The first-order valence-corrected chi connectivity index (χ1v) is 8.53. The number of nitrogens with one attached hydrogen (secondary N) is 1. The molecule has 4 aromatic rings. The monoisotopic (exact) mass is 434 g/mol. The molecule has 0 saturated carbocycles. The van der Waals surface area contributed by atoms with Crippen molar-refractivity contribution in [3.8, 4) is 17.1 Å². The Morgan fingerprint density at radius 1 is 1.12 bits per heavy atom. The molecule has 26 heavy (non-hydrogen) atoms. The summed E-state index contributed by atoms with van der Waals surface area (Å²) in [5.74, 6) is 0.492. The maximum absolute atomic E-state index is 13.6. The summed E-state index contributed by atoms with van der Waals surface area (Å²) in [4.78, 5) is 9.09. The van der Waals surface area contributed by atoms with E-state index in [9.17, 15) is 4.39 Å². The molecule has 0 aliphatic rings. The van der Waals surface area contributed by atoms with E-state index in [-0.39, 0.29) is 22.8 Å². The third-order valence-corrected chi connectivity index (χ3v) is 4.60. The predicted octanol–water partition coefficient (Wildman–Crippen LogP) is 5.24. The number of aryl methyl sites for hydroxylation is 1. The molecule has 5 nitrogen and oxygen atoms in total. The van der Waals surface area contributed by atoms with E-state index in [0.29, 0.717) is 5.65 Å². The summed E-state index contributed by atoms with van der Waals surface area (Å²) in [6.45, 7) is 1.90. The fourth-order valence-electron chi connectivity index (χ4n) is 2.68. The molecule has 1 aromatic carbocycles. The number of aromatic nitrogens is 3. The van der Waals surface area contributed by atoms with Crippen LogP contribution in [0.2, 0.25) is 0 Å². The van der Waals surface area contributed by atoms with Gasteiger partial charge in [0, 0.05) is 17.3 Å². The topological polar surface area (TPSA) is 51.5 Å². The predicted molar refractivity (Wildman–Crippen MR) is 108 cm³/mol. The van der Waals surface area contributed by atoms with Gasteiger partial charge in [-0.1, -0.05) is 0 Å². The van der Waals surface area contributed by atoms with Gasteiger partial charge < -0.3 is 10.1 Å². The number of pyridine rings is 1. The molecular formula is C18H16BrFN4OS. The van der Waals surface area contributed by atoms with E-state index in [0.717, 1.165) is 33.7 Å². The number of hydrogen-bond acceptors (Lipinski definition) is 5. The Balaban J connectivity index is 0.00000196. The standard InChI is InChI=1S/C18H15FN4OS.BrH/c1-11-17(23-9-12(19)3-8-16(23)20-11)15-10-25-18(22-15)21-13-4-6-14(24-2)7-5-13;/h3-10H,1-2H3,(H,21,22);1H. The van der Waals surface area contributed by atoms with Crippen molar-refractivity contribution in [3.05, 3.63) is 59.5 Å². The fraction of sp³-hybridized carbons (Fsp3) is 0.111. The van der Waals surface area contributed by atoms with E-state index in [4.69, 9.17) is 4.74 Å². The highest BCUT2D eigenvalue weighted by Gasteiger charge is 2.15. The van der Waals surface area contributed by atoms with Crippen LogP contribution in [-0.2, 0) is 0 Å². The van der Waals surface area contributed by atoms with Crippen LogP contribution >= 0.6 is 28.3 Å². The first-order valence-electron chi connectivity index (χ1n) is 7.65. The summed E-state index contributed by atoms with van der Waals surface area (Å²) in [6, 6.07) is 10.7. The highest BCUT2D eigenvalue weighted by atomic mass is 79.9. The Bertz CT molecular complexity index is 1050. The van der Waals surface area contributed by atoms with Crippen molar-refractivity contribution < 1.29 is 9.13 Å². The van der Waals surface area contributed by atoms with E-state index >= 15 is 0 Å². The largest absolute Gasteiger partial charge is 0.497 e. The van der Waals surface area contributed by atoms with E-state index in [1.54, 1.807) is 17.6 Å². The second-order valence-electron chi connectivity index (χ2n) is 5.51.